The molecule has 6 heteroatoms. The largest absolute Gasteiger partial charge is 0.350 e. The minimum absolute atomic E-state index is 0.0852. The molecule has 0 atom stereocenters. The summed E-state index contributed by atoms with van der Waals surface area (Å²) in [5.41, 5.74) is 0. The van der Waals surface area contributed by atoms with E-state index < -0.39 is 10.0 Å². The quantitative estimate of drug-likeness (QED) is 0.748. The zero-order chi connectivity index (χ0) is 12.9. The Morgan fingerprint density at radius 1 is 1.41 bits per heavy atom. The predicted molar refractivity (Wildman–Crippen MR) is 67.0 cm³/mol. The van der Waals surface area contributed by atoms with Crippen molar-refractivity contribution in [3.05, 3.63) is 12.2 Å². The lowest BCUT2D eigenvalue weighted by atomic mass is 10.1. The Kier molecular flexibility index (Phi) is 5.14. The normalized spacial score (nSPS) is 19.6. The van der Waals surface area contributed by atoms with Gasteiger partial charge in [-0.15, -0.1) is 0 Å². The van der Waals surface area contributed by atoms with E-state index in [-0.39, 0.29) is 17.7 Å². The van der Waals surface area contributed by atoms with Crippen molar-refractivity contribution in [2.45, 2.75) is 32.7 Å². The van der Waals surface area contributed by atoms with Gasteiger partial charge in [-0.05, 0) is 32.8 Å². The Hall–Kier alpha value is -0.880. The molecule has 0 aromatic heterocycles. The first-order valence-electron chi connectivity index (χ1n) is 5.90. The van der Waals surface area contributed by atoms with Gasteiger partial charge >= 0.3 is 0 Å². The smallest absolute Gasteiger partial charge is 0.243 e. The maximum Gasteiger partial charge on any atom is 0.243 e. The van der Waals surface area contributed by atoms with Crippen LogP contribution in [0, 0.1) is 0 Å². The van der Waals surface area contributed by atoms with E-state index in [1.807, 2.05) is 0 Å². The summed E-state index contributed by atoms with van der Waals surface area (Å²) in [5.74, 6) is 0.0343. The molecule has 0 saturated carbocycles. The van der Waals surface area contributed by atoms with Crippen LogP contribution >= 0.6 is 0 Å². The first kappa shape index (κ1) is 14.2. The van der Waals surface area contributed by atoms with Crippen molar-refractivity contribution in [3.63, 3.8) is 0 Å². The predicted octanol–water partition coefficient (Wildman–Crippen LogP) is 0.493. The zero-order valence-corrected chi connectivity index (χ0v) is 11.2. The third-order valence-corrected chi connectivity index (χ3v) is 4.76. The summed E-state index contributed by atoms with van der Waals surface area (Å²) in [5, 5.41) is 2.86. The van der Waals surface area contributed by atoms with Gasteiger partial charge in [0.15, 0.2) is 0 Å². The number of piperidine rings is 1. The van der Waals surface area contributed by atoms with Crippen molar-refractivity contribution < 1.29 is 13.2 Å². The highest BCUT2D eigenvalue weighted by Gasteiger charge is 2.26. The fourth-order valence-electron chi connectivity index (χ4n) is 1.86. The highest BCUT2D eigenvalue weighted by Crippen LogP contribution is 2.14. The van der Waals surface area contributed by atoms with Gasteiger partial charge in [0.1, 0.15) is 0 Å². The second-order valence-corrected chi connectivity index (χ2v) is 6.34. The van der Waals surface area contributed by atoms with Crippen LogP contribution in [-0.2, 0) is 14.8 Å². The number of sulfonamides is 1. The zero-order valence-electron chi connectivity index (χ0n) is 10.3. The van der Waals surface area contributed by atoms with Crippen LogP contribution in [-0.4, -0.2) is 43.5 Å². The summed E-state index contributed by atoms with van der Waals surface area (Å²) >= 11 is 0. The van der Waals surface area contributed by atoms with Crippen LogP contribution in [0.25, 0.3) is 0 Å². The molecule has 0 spiro atoms. The average Bonchev–Trinajstić information content (AvgIpc) is 2.30. The molecule has 1 rings (SSSR count). The van der Waals surface area contributed by atoms with Crippen LogP contribution in [0.2, 0.25) is 0 Å². The molecule has 98 valence electrons. The van der Waals surface area contributed by atoms with Gasteiger partial charge < -0.3 is 5.32 Å². The molecule has 0 bridgehead atoms. The molecule has 0 unspecified atom stereocenters. The van der Waals surface area contributed by atoms with E-state index in [0.29, 0.717) is 25.9 Å². The maximum absolute atomic E-state index is 11.6. The first-order chi connectivity index (χ1) is 7.99. The van der Waals surface area contributed by atoms with E-state index >= 15 is 0 Å². The standard InChI is InChI=1S/C11H20N2O3S/c1-3-5-11(14)12-10-6-8-13(9-7-10)17(15,16)4-2/h3,5,10H,4,6-9H2,1-2H3,(H,12,14). The van der Waals surface area contributed by atoms with Crippen molar-refractivity contribution in [1.82, 2.24) is 9.62 Å². The fourth-order valence-corrected chi connectivity index (χ4v) is 2.99. The Balaban J connectivity index is 2.44. The lowest BCUT2D eigenvalue weighted by molar-refractivity contribution is -0.117. The van der Waals surface area contributed by atoms with Crippen molar-refractivity contribution >= 4 is 15.9 Å². The lowest BCUT2D eigenvalue weighted by Gasteiger charge is -2.31. The highest BCUT2D eigenvalue weighted by molar-refractivity contribution is 7.89. The summed E-state index contributed by atoms with van der Waals surface area (Å²) in [6.07, 6.45) is 4.53. The molecule has 1 N–H and O–H groups in total. The van der Waals surface area contributed by atoms with Crippen molar-refractivity contribution in [2.75, 3.05) is 18.8 Å². The summed E-state index contributed by atoms with van der Waals surface area (Å²) < 4.78 is 24.7. The molecular formula is C11H20N2O3S. The van der Waals surface area contributed by atoms with Gasteiger partial charge in [0.2, 0.25) is 15.9 Å². The van der Waals surface area contributed by atoms with Gasteiger partial charge in [0.05, 0.1) is 5.75 Å². The molecule has 1 aliphatic rings. The topological polar surface area (TPSA) is 66.5 Å². The summed E-state index contributed by atoms with van der Waals surface area (Å²) in [6.45, 7) is 4.43. The SMILES string of the molecule is CC=CC(=O)NC1CCN(S(=O)(=O)CC)CC1. The number of hydrogen-bond donors (Lipinski definition) is 1. The molecule has 1 saturated heterocycles. The summed E-state index contributed by atoms with van der Waals surface area (Å²) in [7, 11) is -3.08. The number of nitrogens with one attached hydrogen (secondary N) is 1. The highest BCUT2D eigenvalue weighted by atomic mass is 32.2. The molecule has 17 heavy (non-hydrogen) atoms. The second kappa shape index (κ2) is 6.16. The van der Waals surface area contributed by atoms with Gasteiger partial charge in [0, 0.05) is 19.1 Å². The minimum atomic E-state index is -3.08. The Morgan fingerprint density at radius 2 is 2.00 bits per heavy atom. The molecule has 0 radical (unpaired) electrons. The van der Waals surface area contributed by atoms with Crippen LogP contribution < -0.4 is 5.32 Å². The molecule has 1 aliphatic heterocycles. The van der Waals surface area contributed by atoms with Gasteiger partial charge in [-0.2, -0.15) is 0 Å². The van der Waals surface area contributed by atoms with Gasteiger partial charge in [-0.1, -0.05) is 6.08 Å². The van der Waals surface area contributed by atoms with Crippen molar-refractivity contribution in [1.29, 1.82) is 0 Å². The van der Waals surface area contributed by atoms with Crippen LogP contribution in [0.3, 0.4) is 0 Å². The molecule has 1 heterocycles. The molecule has 5 nitrogen and oxygen atoms in total. The molecule has 0 aliphatic carbocycles. The van der Waals surface area contributed by atoms with Crippen molar-refractivity contribution in [2.24, 2.45) is 0 Å². The minimum Gasteiger partial charge on any atom is -0.350 e. The molecular weight excluding hydrogens is 240 g/mol. The lowest BCUT2D eigenvalue weighted by Crippen LogP contribution is -2.46. The van der Waals surface area contributed by atoms with Crippen molar-refractivity contribution in [3.8, 4) is 0 Å². The number of hydrogen-bond acceptors (Lipinski definition) is 3. The number of nitrogens with zero attached hydrogens (tertiary/aromatic N) is 1. The second-order valence-electron chi connectivity index (χ2n) is 4.08. The van der Waals surface area contributed by atoms with E-state index in [1.54, 1.807) is 19.9 Å². The molecule has 1 amide bonds. The molecule has 0 aromatic rings. The third-order valence-electron chi connectivity index (χ3n) is 2.88. The van der Waals surface area contributed by atoms with E-state index in [1.165, 1.54) is 10.4 Å². The maximum atomic E-state index is 11.6. The van der Waals surface area contributed by atoms with E-state index in [2.05, 4.69) is 5.32 Å². The molecule has 1 fully saturated rings. The van der Waals surface area contributed by atoms with Gasteiger partial charge in [-0.3, -0.25) is 4.79 Å². The van der Waals surface area contributed by atoms with Gasteiger partial charge in [-0.25, -0.2) is 12.7 Å². The van der Waals surface area contributed by atoms with Crippen LogP contribution in [0.4, 0.5) is 0 Å². The Labute approximate surface area is 103 Å². The summed E-state index contributed by atoms with van der Waals surface area (Å²) in [4.78, 5) is 11.3. The average molecular weight is 260 g/mol. The van der Waals surface area contributed by atoms with Crippen LogP contribution in [0.1, 0.15) is 26.7 Å². The van der Waals surface area contributed by atoms with Crippen LogP contribution in [0.5, 0.6) is 0 Å². The van der Waals surface area contributed by atoms with Gasteiger partial charge in [0.25, 0.3) is 0 Å². The third kappa shape index (κ3) is 4.12. The number of carbonyl (C=O) groups excluding carboxylic acids is 1. The van der Waals surface area contributed by atoms with E-state index in [4.69, 9.17) is 0 Å². The van der Waals surface area contributed by atoms with Crippen LogP contribution in [0.15, 0.2) is 12.2 Å². The van der Waals surface area contributed by atoms with E-state index in [0.717, 1.165) is 0 Å². The summed E-state index contributed by atoms with van der Waals surface area (Å²) in [6, 6.07) is 0.0852. The number of carbonyl (C=O) groups is 1. The monoisotopic (exact) mass is 260 g/mol. The number of allylic oxidation sites excluding steroid dienone is 1. The van der Waals surface area contributed by atoms with E-state index in [9.17, 15) is 13.2 Å². The first-order valence-corrected chi connectivity index (χ1v) is 7.51. The number of amides is 1. The fraction of sp³-hybridized carbons (Fsp3) is 0.727. The molecule has 0 aromatic carbocycles. The number of rotatable bonds is 4. The Morgan fingerprint density at radius 3 is 2.47 bits per heavy atom. The Bertz CT molecular complexity index is 382.